The molecule has 0 saturated heterocycles. The summed E-state index contributed by atoms with van der Waals surface area (Å²) in [4.78, 5) is 12.5. The van der Waals surface area contributed by atoms with Gasteiger partial charge < -0.3 is 0 Å². The van der Waals surface area contributed by atoms with Crippen LogP contribution in [-0.4, -0.2) is 5.78 Å². The first kappa shape index (κ1) is 15.4. The van der Waals surface area contributed by atoms with Crippen molar-refractivity contribution in [2.45, 2.75) is 5.92 Å². The summed E-state index contributed by atoms with van der Waals surface area (Å²) in [5.74, 6) is -1.05. The molecular formula is C15H8Br3NO. The van der Waals surface area contributed by atoms with Crippen LogP contribution in [0.5, 0.6) is 0 Å². The molecule has 1 atom stereocenters. The molecule has 2 aromatic rings. The first-order valence-electron chi connectivity index (χ1n) is 5.67. The fourth-order valence-electron chi connectivity index (χ4n) is 1.84. The second kappa shape index (κ2) is 6.66. The molecule has 2 aromatic carbocycles. The lowest BCUT2D eigenvalue weighted by molar-refractivity contribution is 0.0978. The predicted octanol–water partition coefficient (Wildman–Crippen LogP) is 5.46. The van der Waals surface area contributed by atoms with Crippen molar-refractivity contribution < 1.29 is 4.79 Å². The van der Waals surface area contributed by atoms with Crippen molar-refractivity contribution in [3.05, 3.63) is 67.0 Å². The highest BCUT2D eigenvalue weighted by Gasteiger charge is 2.24. The minimum absolute atomic E-state index is 0.221. The molecule has 100 valence electrons. The highest BCUT2D eigenvalue weighted by Crippen LogP contribution is 2.29. The maximum absolute atomic E-state index is 12.5. The zero-order chi connectivity index (χ0) is 14.7. The van der Waals surface area contributed by atoms with Crippen LogP contribution in [-0.2, 0) is 0 Å². The van der Waals surface area contributed by atoms with Gasteiger partial charge in [-0.25, -0.2) is 0 Å². The molecule has 2 nitrogen and oxygen atoms in total. The first-order valence-corrected chi connectivity index (χ1v) is 8.05. The van der Waals surface area contributed by atoms with Gasteiger partial charge in [-0.1, -0.05) is 66.0 Å². The van der Waals surface area contributed by atoms with Gasteiger partial charge in [0.25, 0.3) is 0 Å². The van der Waals surface area contributed by atoms with Crippen LogP contribution in [0.25, 0.3) is 0 Å². The summed E-state index contributed by atoms with van der Waals surface area (Å²) >= 11 is 10.1. The lowest BCUT2D eigenvalue weighted by atomic mass is 9.92. The molecule has 0 aromatic heterocycles. The van der Waals surface area contributed by atoms with Gasteiger partial charge in [0.1, 0.15) is 5.92 Å². The van der Waals surface area contributed by atoms with Gasteiger partial charge in [0, 0.05) is 19.0 Å². The van der Waals surface area contributed by atoms with Crippen molar-refractivity contribution in [1.29, 1.82) is 5.26 Å². The van der Waals surface area contributed by atoms with E-state index in [1.165, 1.54) is 0 Å². The number of nitriles is 1. The summed E-state index contributed by atoms with van der Waals surface area (Å²) in [7, 11) is 0. The van der Waals surface area contributed by atoms with Gasteiger partial charge in [0.05, 0.1) is 6.07 Å². The van der Waals surface area contributed by atoms with Crippen LogP contribution in [0.15, 0.2) is 55.9 Å². The Morgan fingerprint density at radius 2 is 1.65 bits per heavy atom. The third-order valence-electron chi connectivity index (χ3n) is 2.75. The second-order valence-electron chi connectivity index (χ2n) is 4.11. The monoisotopic (exact) mass is 455 g/mol. The van der Waals surface area contributed by atoms with Crippen LogP contribution in [0.4, 0.5) is 0 Å². The van der Waals surface area contributed by atoms with E-state index in [0.29, 0.717) is 11.1 Å². The van der Waals surface area contributed by atoms with E-state index in [4.69, 9.17) is 0 Å². The van der Waals surface area contributed by atoms with Gasteiger partial charge in [-0.3, -0.25) is 4.79 Å². The molecule has 0 aliphatic rings. The molecule has 0 spiro atoms. The summed E-state index contributed by atoms with van der Waals surface area (Å²) in [5.41, 5.74) is 1.17. The van der Waals surface area contributed by atoms with Crippen molar-refractivity contribution in [2.24, 2.45) is 0 Å². The van der Waals surface area contributed by atoms with Crippen LogP contribution in [0.1, 0.15) is 21.8 Å². The Morgan fingerprint density at radius 1 is 1.05 bits per heavy atom. The number of benzene rings is 2. The third kappa shape index (κ3) is 3.38. The number of hydrogen-bond donors (Lipinski definition) is 0. The fraction of sp³-hybridized carbons (Fsp3) is 0.0667. The van der Waals surface area contributed by atoms with Gasteiger partial charge in [-0.05, 0) is 29.8 Å². The molecule has 0 aliphatic carbocycles. The topological polar surface area (TPSA) is 40.9 Å². The standard InChI is InChI=1S/C15H8Br3NO/c16-10-5-9(6-11(17)7-10)15(20)13(8-19)12-3-1-2-4-14(12)18/h1-7,13H. The van der Waals surface area contributed by atoms with Crippen molar-refractivity contribution in [1.82, 2.24) is 0 Å². The van der Waals surface area contributed by atoms with Gasteiger partial charge in [-0.2, -0.15) is 5.26 Å². The third-order valence-corrected chi connectivity index (χ3v) is 4.39. The molecule has 0 fully saturated rings. The summed E-state index contributed by atoms with van der Waals surface area (Å²) < 4.78 is 2.34. The zero-order valence-electron chi connectivity index (χ0n) is 10.1. The molecule has 20 heavy (non-hydrogen) atoms. The second-order valence-corrected chi connectivity index (χ2v) is 6.79. The van der Waals surface area contributed by atoms with E-state index in [-0.39, 0.29) is 5.78 Å². The Labute approximate surface area is 142 Å². The van der Waals surface area contributed by atoms with E-state index in [1.807, 2.05) is 24.3 Å². The summed E-state index contributed by atoms with van der Waals surface area (Å²) in [6.45, 7) is 0. The minimum Gasteiger partial charge on any atom is -0.292 e. The smallest absolute Gasteiger partial charge is 0.184 e. The normalized spacial score (nSPS) is 11.7. The number of halogens is 3. The Balaban J connectivity index is 2.45. The molecular weight excluding hydrogens is 450 g/mol. The van der Waals surface area contributed by atoms with E-state index < -0.39 is 5.92 Å². The average Bonchev–Trinajstić information content (AvgIpc) is 2.40. The molecule has 0 heterocycles. The van der Waals surface area contributed by atoms with E-state index in [2.05, 4.69) is 53.9 Å². The number of nitrogens with zero attached hydrogens (tertiary/aromatic N) is 1. The first-order chi connectivity index (χ1) is 9.52. The average molecular weight is 458 g/mol. The molecule has 0 bridgehead atoms. The van der Waals surface area contributed by atoms with Crippen molar-refractivity contribution in [2.75, 3.05) is 0 Å². The van der Waals surface area contributed by atoms with Crippen LogP contribution < -0.4 is 0 Å². The van der Waals surface area contributed by atoms with E-state index in [0.717, 1.165) is 13.4 Å². The van der Waals surface area contributed by atoms with Crippen LogP contribution in [0, 0.1) is 11.3 Å². The minimum atomic E-state index is -0.827. The van der Waals surface area contributed by atoms with Gasteiger partial charge >= 0.3 is 0 Å². The highest BCUT2D eigenvalue weighted by atomic mass is 79.9. The molecule has 2 rings (SSSR count). The number of carbonyl (C=O) groups excluding carboxylic acids is 1. The molecule has 0 aliphatic heterocycles. The zero-order valence-corrected chi connectivity index (χ0v) is 14.9. The van der Waals surface area contributed by atoms with E-state index in [9.17, 15) is 10.1 Å². The molecule has 0 saturated carbocycles. The summed E-state index contributed by atoms with van der Waals surface area (Å²) in [5, 5.41) is 9.36. The van der Waals surface area contributed by atoms with Gasteiger partial charge in [0.2, 0.25) is 0 Å². The number of Topliss-reactive ketones (excluding diaryl/α,β-unsaturated/α-hetero) is 1. The number of ketones is 1. The van der Waals surface area contributed by atoms with Crippen molar-refractivity contribution in [3.8, 4) is 6.07 Å². The van der Waals surface area contributed by atoms with Crippen LogP contribution >= 0.6 is 47.8 Å². The van der Waals surface area contributed by atoms with Crippen molar-refractivity contribution >= 4 is 53.6 Å². The summed E-state index contributed by atoms with van der Waals surface area (Å²) in [6, 6.07) is 14.6. The Kier molecular flexibility index (Phi) is 5.14. The highest BCUT2D eigenvalue weighted by molar-refractivity contribution is 9.11. The fourth-order valence-corrected chi connectivity index (χ4v) is 3.65. The summed E-state index contributed by atoms with van der Waals surface area (Å²) in [6.07, 6.45) is 0. The van der Waals surface area contributed by atoms with Crippen molar-refractivity contribution in [3.63, 3.8) is 0 Å². The predicted molar refractivity (Wildman–Crippen MR) is 88.7 cm³/mol. The molecule has 1 unspecified atom stereocenters. The quantitative estimate of drug-likeness (QED) is 0.574. The Bertz CT molecular complexity index is 686. The Hall–Kier alpha value is -0.960. The maximum atomic E-state index is 12.5. The largest absolute Gasteiger partial charge is 0.292 e. The van der Waals surface area contributed by atoms with E-state index >= 15 is 0 Å². The number of hydrogen-bond acceptors (Lipinski definition) is 2. The lowest BCUT2D eigenvalue weighted by Crippen LogP contribution is -2.12. The maximum Gasteiger partial charge on any atom is 0.184 e. The molecule has 0 N–H and O–H groups in total. The van der Waals surface area contributed by atoms with Gasteiger partial charge in [-0.15, -0.1) is 0 Å². The molecule has 5 heteroatoms. The molecule has 0 amide bonds. The van der Waals surface area contributed by atoms with Gasteiger partial charge in [0.15, 0.2) is 5.78 Å². The number of rotatable bonds is 3. The lowest BCUT2D eigenvalue weighted by Gasteiger charge is -2.11. The van der Waals surface area contributed by atoms with Crippen LogP contribution in [0.2, 0.25) is 0 Å². The van der Waals surface area contributed by atoms with Crippen LogP contribution in [0.3, 0.4) is 0 Å². The van der Waals surface area contributed by atoms with E-state index in [1.54, 1.807) is 18.2 Å². The number of carbonyl (C=O) groups is 1. The molecule has 0 radical (unpaired) electrons. The Morgan fingerprint density at radius 3 is 2.20 bits per heavy atom. The SMILES string of the molecule is N#CC(C(=O)c1cc(Br)cc(Br)c1)c1ccccc1Br.